The lowest BCUT2D eigenvalue weighted by Crippen LogP contribution is -2.11. The Morgan fingerprint density at radius 1 is 0.489 bits per heavy atom. The van der Waals surface area contributed by atoms with Crippen LogP contribution in [0.5, 0.6) is 11.5 Å². The molecule has 0 aliphatic carbocycles. The van der Waals surface area contributed by atoms with Crippen LogP contribution in [0.2, 0.25) is 0 Å². The fourth-order valence-electron chi connectivity index (χ4n) is 5.19. The highest BCUT2D eigenvalue weighted by Gasteiger charge is 2.25. The number of para-hydroxylation sites is 1. The summed E-state index contributed by atoms with van der Waals surface area (Å²) in [6, 6.07) is 12.3. The number of hydrogen-bond donors (Lipinski definition) is 0. The molecule has 0 heterocycles. The van der Waals surface area contributed by atoms with Crippen LogP contribution in [0.4, 0.5) is 0 Å². The molecule has 0 aromatic heterocycles. The summed E-state index contributed by atoms with van der Waals surface area (Å²) in [6.45, 7) is 4.57. The molecule has 0 atom stereocenters. The highest BCUT2D eigenvalue weighted by Crippen LogP contribution is 2.33. The van der Waals surface area contributed by atoms with Crippen molar-refractivity contribution in [3.8, 4) is 11.5 Å². The monoisotopic (exact) mass is 666 g/mol. The first-order valence-electron chi connectivity index (χ1n) is 17.5. The molecule has 0 fully saturated rings. The van der Waals surface area contributed by atoms with Gasteiger partial charge in [0, 0.05) is 6.07 Å². The highest BCUT2D eigenvalue weighted by molar-refractivity contribution is 7.87. The summed E-state index contributed by atoms with van der Waals surface area (Å²) < 4.78 is 68.8. The van der Waals surface area contributed by atoms with Gasteiger partial charge in [0.05, 0.1) is 18.1 Å². The lowest BCUT2D eigenvalue weighted by atomic mass is 10.1. The van der Waals surface area contributed by atoms with Gasteiger partial charge in [-0.05, 0) is 37.1 Å². The number of benzene rings is 2. The molecule has 0 amide bonds. The van der Waals surface area contributed by atoms with E-state index in [2.05, 4.69) is 13.8 Å². The second-order valence-corrected chi connectivity index (χ2v) is 15.1. The van der Waals surface area contributed by atoms with Crippen molar-refractivity contribution in [3.05, 3.63) is 48.5 Å². The van der Waals surface area contributed by atoms with Gasteiger partial charge in [0.25, 0.3) is 10.1 Å². The zero-order valence-electron chi connectivity index (χ0n) is 27.8. The molecule has 0 aliphatic heterocycles. The van der Waals surface area contributed by atoms with Crippen molar-refractivity contribution in [2.75, 3.05) is 13.2 Å². The molecule has 0 radical (unpaired) electrons. The lowest BCUT2D eigenvalue weighted by molar-refractivity contribution is 0.302. The van der Waals surface area contributed by atoms with Crippen molar-refractivity contribution < 1.29 is 29.9 Å². The van der Waals surface area contributed by atoms with Crippen LogP contribution in [0.25, 0.3) is 0 Å². The predicted molar refractivity (Wildman–Crippen MR) is 183 cm³/mol. The first-order valence-corrected chi connectivity index (χ1v) is 20.3. The third-order valence-electron chi connectivity index (χ3n) is 7.92. The molecule has 0 saturated heterocycles. The zero-order valence-corrected chi connectivity index (χ0v) is 29.5. The van der Waals surface area contributed by atoms with Gasteiger partial charge < -0.3 is 4.74 Å². The summed E-state index contributed by atoms with van der Waals surface area (Å²) in [7, 11) is -8.29. The van der Waals surface area contributed by atoms with Crippen LogP contribution < -0.4 is 4.74 Å². The van der Waals surface area contributed by atoms with Crippen molar-refractivity contribution in [1.82, 2.24) is 0 Å². The van der Waals surface area contributed by atoms with Crippen molar-refractivity contribution in [2.45, 2.75) is 152 Å². The second-order valence-electron chi connectivity index (χ2n) is 11.9. The number of ether oxygens (including phenoxy) is 1. The minimum Gasteiger partial charge on any atom is -0.456 e. The van der Waals surface area contributed by atoms with E-state index in [0.29, 0.717) is 18.6 Å². The van der Waals surface area contributed by atoms with Gasteiger partial charge in [0.1, 0.15) is 16.4 Å². The van der Waals surface area contributed by atoms with E-state index in [4.69, 9.17) is 13.1 Å². The summed E-state index contributed by atoms with van der Waals surface area (Å²) in [6.07, 6.45) is 22.7. The molecular weight excluding hydrogens is 609 g/mol. The standard InChI is InChI=1S/C36H58O7S2/c1-3-5-7-9-11-13-15-17-19-24-30-41-44(37,38)34-28-29-36(35(32-34)43-33-26-22-21-23-27-33)45(39,40)42-31-25-20-18-16-14-12-10-8-6-4-2/h21-23,26-29,32H,3-20,24-25,30-31H2,1-2H3. The average molecular weight is 667 g/mol. The SMILES string of the molecule is CCCCCCCCCCCCOS(=O)(=O)c1ccc(S(=O)(=O)OCCCCCCCCCCCC)c(Oc2ccccc2)c1. The average Bonchev–Trinajstić information content (AvgIpc) is 3.03. The van der Waals surface area contributed by atoms with Crippen molar-refractivity contribution in [1.29, 1.82) is 0 Å². The molecule has 0 aliphatic rings. The van der Waals surface area contributed by atoms with Crippen LogP contribution in [0, 0.1) is 0 Å². The van der Waals surface area contributed by atoms with Gasteiger partial charge >= 0.3 is 10.1 Å². The normalized spacial score (nSPS) is 12.0. The molecule has 0 unspecified atom stereocenters. The van der Waals surface area contributed by atoms with Crippen LogP contribution in [0.1, 0.15) is 142 Å². The highest BCUT2D eigenvalue weighted by atomic mass is 32.2. The van der Waals surface area contributed by atoms with E-state index in [0.717, 1.165) is 38.5 Å². The van der Waals surface area contributed by atoms with Gasteiger partial charge in [-0.2, -0.15) is 16.8 Å². The summed E-state index contributed by atoms with van der Waals surface area (Å²) in [5.41, 5.74) is 0. The molecule has 0 saturated carbocycles. The Balaban J connectivity index is 1.90. The maximum atomic E-state index is 13.2. The molecule has 0 bridgehead atoms. The minimum atomic E-state index is -4.18. The Hall–Kier alpha value is -1.94. The first kappa shape index (κ1) is 39.2. The predicted octanol–water partition coefficient (Wildman–Crippen LogP) is 10.7. The van der Waals surface area contributed by atoms with Gasteiger partial charge in [-0.1, -0.05) is 148 Å². The summed E-state index contributed by atoms with van der Waals surface area (Å²) in [4.78, 5) is -0.374. The van der Waals surface area contributed by atoms with E-state index < -0.39 is 20.2 Å². The lowest BCUT2D eigenvalue weighted by Gasteiger charge is -2.14. The van der Waals surface area contributed by atoms with Crippen LogP contribution >= 0.6 is 0 Å². The van der Waals surface area contributed by atoms with E-state index in [1.165, 1.54) is 95.2 Å². The second kappa shape index (κ2) is 23.4. The molecule has 0 N–H and O–H groups in total. The maximum Gasteiger partial charge on any atom is 0.300 e. The van der Waals surface area contributed by atoms with Crippen LogP contribution in [0.15, 0.2) is 58.3 Å². The Labute approximate surface area is 274 Å². The minimum absolute atomic E-state index is 0.0611. The van der Waals surface area contributed by atoms with E-state index in [-0.39, 0.29) is 28.8 Å². The van der Waals surface area contributed by atoms with Gasteiger partial charge in [0.2, 0.25) is 0 Å². The number of hydrogen-bond acceptors (Lipinski definition) is 7. The van der Waals surface area contributed by atoms with Gasteiger partial charge in [-0.3, -0.25) is 8.37 Å². The molecule has 45 heavy (non-hydrogen) atoms. The van der Waals surface area contributed by atoms with Crippen molar-refractivity contribution in [2.24, 2.45) is 0 Å². The Bertz CT molecular complexity index is 1250. The number of unbranched alkanes of at least 4 members (excludes halogenated alkanes) is 18. The Morgan fingerprint density at radius 3 is 1.38 bits per heavy atom. The molecule has 9 heteroatoms. The quantitative estimate of drug-likeness (QED) is 0.0658. The van der Waals surface area contributed by atoms with E-state index in [1.807, 2.05) is 6.07 Å². The van der Waals surface area contributed by atoms with E-state index in [9.17, 15) is 16.8 Å². The summed E-state index contributed by atoms with van der Waals surface area (Å²) >= 11 is 0. The molecule has 256 valence electrons. The van der Waals surface area contributed by atoms with Crippen LogP contribution in [0.3, 0.4) is 0 Å². The third-order valence-corrected chi connectivity index (χ3v) is 10.6. The van der Waals surface area contributed by atoms with Gasteiger partial charge in [-0.25, -0.2) is 0 Å². The van der Waals surface area contributed by atoms with E-state index >= 15 is 0 Å². The fraction of sp³-hybridized carbons (Fsp3) is 0.667. The Morgan fingerprint density at radius 2 is 0.911 bits per heavy atom. The number of rotatable bonds is 28. The van der Waals surface area contributed by atoms with Crippen molar-refractivity contribution in [3.63, 3.8) is 0 Å². The molecule has 2 aromatic rings. The molecule has 2 aromatic carbocycles. The van der Waals surface area contributed by atoms with Crippen molar-refractivity contribution >= 4 is 20.2 Å². The van der Waals surface area contributed by atoms with E-state index in [1.54, 1.807) is 24.3 Å². The molecule has 7 nitrogen and oxygen atoms in total. The third kappa shape index (κ3) is 17.0. The summed E-state index contributed by atoms with van der Waals surface area (Å²) in [5.74, 6) is 0.261. The molecule has 2 rings (SSSR count). The summed E-state index contributed by atoms with van der Waals surface area (Å²) in [5, 5.41) is 0. The fourth-order valence-corrected chi connectivity index (χ4v) is 7.20. The Kier molecular flexibility index (Phi) is 20.4. The smallest absolute Gasteiger partial charge is 0.300 e. The molecular formula is C36H58O7S2. The topological polar surface area (TPSA) is 96.0 Å². The van der Waals surface area contributed by atoms with Gasteiger partial charge in [-0.15, -0.1) is 0 Å². The largest absolute Gasteiger partial charge is 0.456 e. The molecule has 0 spiro atoms. The van der Waals surface area contributed by atoms with Crippen LogP contribution in [-0.4, -0.2) is 30.0 Å². The first-order chi connectivity index (χ1) is 21.8. The zero-order chi connectivity index (χ0) is 32.6. The van der Waals surface area contributed by atoms with Gasteiger partial charge in [0.15, 0.2) is 0 Å². The van der Waals surface area contributed by atoms with Crippen LogP contribution in [-0.2, 0) is 28.6 Å². The maximum absolute atomic E-state index is 13.2.